The number of fused-ring (bicyclic) bond motifs is 2. The van der Waals surface area contributed by atoms with Crippen LogP contribution in [0.25, 0.3) is 0 Å². The van der Waals surface area contributed by atoms with E-state index in [0.717, 1.165) is 24.9 Å². The third-order valence-electron chi connectivity index (χ3n) is 7.54. The molecule has 2 atom stereocenters. The van der Waals surface area contributed by atoms with Crippen LogP contribution in [0.4, 0.5) is 0 Å². The molecule has 164 valence electrons. The van der Waals surface area contributed by atoms with E-state index in [-0.39, 0.29) is 24.8 Å². The summed E-state index contributed by atoms with van der Waals surface area (Å²) in [5, 5.41) is 7.60. The van der Waals surface area contributed by atoms with Crippen molar-refractivity contribution in [2.75, 3.05) is 13.1 Å². The smallest absolute Gasteiger partial charge is 0.0325 e. The van der Waals surface area contributed by atoms with Gasteiger partial charge in [0.2, 0.25) is 0 Å². The number of halogens is 2. The monoisotopic (exact) mass is 446 g/mol. The van der Waals surface area contributed by atoms with E-state index in [1.165, 1.54) is 51.4 Å². The summed E-state index contributed by atoms with van der Waals surface area (Å²) in [6.45, 7) is 2.29. The first-order chi connectivity index (χ1) is 13.9. The van der Waals surface area contributed by atoms with Crippen molar-refractivity contribution in [3.05, 3.63) is 70.8 Å². The van der Waals surface area contributed by atoms with E-state index >= 15 is 0 Å². The predicted octanol–water partition coefficient (Wildman–Crippen LogP) is 6.19. The van der Waals surface area contributed by atoms with Gasteiger partial charge in [-0.15, -0.1) is 24.8 Å². The molecule has 2 unspecified atom stereocenters. The summed E-state index contributed by atoms with van der Waals surface area (Å²) in [4.78, 5) is 0. The van der Waals surface area contributed by atoms with Crippen LogP contribution in [0.1, 0.15) is 72.9 Å². The van der Waals surface area contributed by atoms with E-state index in [1.807, 2.05) is 0 Å². The Morgan fingerprint density at radius 2 is 1.00 bits per heavy atom. The van der Waals surface area contributed by atoms with Gasteiger partial charge in [-0.05, 0) is 72.9 Å². The van der Waals surface area contributed by atoms with Crippen LogP contribution in [0.3, 0.4) is 0 Å². The lowest BCUT2D eigenvalue weighted by molar-refractivity contribution is 0.218. The van der Waals surface area contributed by atoms with E-state index in [0.29, 0.717) is 12.1 Å². The Balaban J connectivity index is 0.00000128. The molecule has 2 nitrogen and oxygen atoms in total. The molecule has 2 aliphatic heterocycles. The Hall–Kier alpha value is -1.06. The average molecular weight is 447 g/mol. The van der Waals surface area contributed by atoms with Gasteiger partial charge in [-0.2, -0.15) is 0 Å². The first kappa shape index (κ1) is 23.6. The van der Waals surface area contributed by atoms with Crippen molar-refractivity contribution in [3.63, 3.8) is 0 Å². The van der Waals surface area contributed by atoms with Crippen molar-refractivity contribution in [2.45, 2.75) is 63.5 Å². The topological polar surface area (TPSA) is 24.1 Å². The molecule has 4 heteroatoms. The van der Waals surface area contributed by atoms with Gasteiger partial charge in [-0.3, -0.25) is 0 Å². The zero-order valence-electron chi connectivity index (χ0n) is 17.8. The van der Waals surface area contributed by atoms with Crippen molar-refractivity contribution in [1.82, 2.24) is 10.6 Å². The van der Waals surface area contributed by atoms with Crippen LogP contribution in [0.5, 0.6) is 0 Å². The maximum absolute atomic E-state index is 3.80. The van der Waals surface area contributed by atoms with Gasteiger partial charge >= 0.3 is 0 Å². The first-order valence-electron chi connectivity index (χ1n) is 11.5. The molecule has 5 rings (SSSR count). The fourth-order valence-corrected chi connectivity index (χ4v) is 5.98. The molecule has 2 N–H and O–H groups in total. The van der Waals surface area contributed by atoms with Crippen molar-refractivity contribution in [1.29, 1.82) is 0 Å². The number of nitrogens with one attached hydrogen (secondary N) is 2. The van der Waals surface area contributed by atoms with E-state index in [4.69, 9.17) is 0 Å². The van der Waals surface area contributed by atoms with Crippen LogP contribution in [0, 0.1) is 11.8 Å². The molecule has 2 aromatic carbocycles. The molecule has 0 spiro atoms. The molecule has 0 amide bonds. The molecule has 0 aromatic heterocycles. The summed E-state index contributed by atoms with van der Waals surface area (Å²) >= 11 is 0. The zero-order chi connectivity index (χ0) is 18.8. The highest BCUT2D eigenvalue weighted by atomic mass is 35.5. The molecule has 3 aliphatic rings. The summed E-state index contributed by atoms with van der Waals surface area (Å²) in [6, 6.07) is 19.3. The summed E-state index contributed by atoms with van der Waals surface area (Å²) in [6.07, 6.45) is 10.7. The van der Waals surface area contributed by atoms with Gasteiger partial charge in [0, 0.05) is 12.1 Å². The van der Waals surface area contributed by atoms with Gasteiger partial charge in [0.25, 0.3) is 0 Å². The van der Waals surface area contributed by atoms with Crippen LogP contribution >= 0.6 is 24.8 Å². The van der Waals surface area contributed by atoms with Gasteiger partial charge in [0.15, 0.2) is 0 Å². The second-order valence-corrected chi connectivity index (χ2v) is 9.27. The van der Waals surface area contributed by atoms with E-state index < -0.39 is 0 Å². The standard InChI is InChI=1S/C26H34N2.2ClH/c1-3-7-23-21(5-1)13-15-27-25(23)17-19-9-11-20(12-10-19)18-26-24-8-4-2-6-22(24)14-16-28-26;;/h1-8,19-20,25-28H,9-18H2;2*1H. The maximum Gasteiger partial charge on any atom is 0.0325 e. The lowest BCUT2D eigenvalue weighted by Gasteiger charge is -2.36. The minimum absolute atomic E-state index is 0. The van der Waals surface area contributed by atoms with Crippen molar-refractivity contribution in [3.8, 4) is 0 Å². The lowest BCUT2D eigenvalue weighted by atomic mass is 9.74. The Morgan fingerprint density at radius 1 is 0.600 bits per heavy atom. The normalized spacial score (nSPS) is 27.7. The molecule has 30 heavy (non-hydrogen) atoms. The Kier molecular flexibility index (Phi) is 8.65. The number of hydrogen-bond acceptors (Lipinski definition) is 2. The molecule has 1 fully saturated rings. The molecule has 2 aromatic rings. The van der Waals surface area contributed by atoms with E-state index in [2.05, 4.69) is 59.2 Å². The van der Waals surface area contributed by atoms with Gasteiger partial charge in [0.1, 0.15) is 0 Å². The Labute approximate surface area is 194 Å². The van der Waals surface area contributed by atoms with E-state index in [9.17, 15) is 0 Å². The van der Waals surface area contributed by atoms with Crippen LogP contribution in [0.15, 0.2) is 48.5 Å². The molecule has 0 radical (unpaired) electrons. The summed E-state index contributed by atoms with van der Waals surface area (Å²) in [7, 11) is 0. The fraction of sp³-hybridized carbons (Fsp3) is 0.538. The fourth-order valence-electron chi connectivity index (χ4n) is 5.98. The highest BCUT2D eigenvalue weighted by molar-refractivity contribution is 5.85. The third kappa shape index (κ3) is 5.22. The Bertz CT molecular complexity index is 734. The van der Waals surface area contributed by atoms with Gasteiger partial charge in [0.05, 0.1) is 0 Å². The maximum atomic E-state index is 3.80. The summed E-state index contributed by atoms with van der Waals surface area (Å²) in [5.41, 5.74) is 6.28. The second kappa shape index (κ2) is 11.0. The predicted molar refractivity (Wildman–Crippen MR) is 131 cm³/mol. The minimum atomic E-state index is 0. The SMILES string of the molecule is Cl.Cl.c1ccc2c(c1)CCNC2CC1CCC(CC2NCCc3ccccc32)CC1. The molecule has 0 saturated heterocycles. The quantitative estimate of drug-likeness (QED) is 0.584. The molecule has 0 bridgehead atoms. The molecule has 1 aliphatic carbocycles. The largest absolute Gasteiger partial charge is 0.310 e. The average Bonchev–Trinajstić information content (AvgIpc) is 2.76. The van der Waals surface area contributed by atoms with Crippen LogP contribution in [-0.2, 0) is 12.8 Å². The zero-order valence-corrected chi connectivity index (χ0v) is 19.4. The van der Waals surface area contributed by atoms with Gasteiger partial charge < -0.3 is 10.6 Å². The minimum Gasteiger partial charge on any atom is -0.310 e. The van der Waals surface area contributed by atoms with E-state index in [1.54, 1.807) is 22.3 Å². The molecular weight excluding hydrogens is 411 g/mol. The highest BCUT2D eigenvalue weighted by Gasteiger charge is 2.29. The number of hydrogen-bond donors (Lipinski definition) is 2. The molecular formula is C26H36Cl2N2. The van der Waals surface area contributed by atoms with Gasteiger partial charge in [-0.1, -0.05) is 74.2 Å². The molecule has 2 heterocycles. The third-order valence-corrected chi connectivity index (χ3v) is 7.54. The van der Waals surface area contributed by atoms with Crippen molar-refractivity contribution >= 4 is 24.8 Å². The summed E-state index contributed by atoms with van der Waals surface area (Å²) < 4.78 is 0. The molecule has 1 saturated carbocycles. The summed E-state index contributed by atoms with van der Waals surface area (Å²) in [5.74, 6) is 1.79. The number of rotatable bonds is 4. The van der Waals surface area contributed by atoms with Crippen molar-refractivity contribution < 1.29 is 0 Å². The lowest BCUT2D eigenvalue weighted by Crippen LogP contribution is -2.33. The van der Waals surface area contributed by atoms with Crippen LogP contribution in [-0.4, -0.2) is 13.1 Å². The van der Waals surface area contributed by atoms with Gasteiger partial charge in [-0.25, -0.2) is 0 Å². The van der Waals surface area contributed by atoms with Crippen LogP contribution in [0.2, 0.25) is 0 Å². The highest BCUT2D eigenvalue weighted by Crippen LogP contribution is 2.40. The first-order valence-corrected chi connectivity index (χ1v) is 11.5. The van der Waals surface area contributed by atoms with Crippen LogP contribution < -0.4 is 10.6 Å². The number of benzene rings is 2. The Morgan fingerprint density at radius 3 is 1.43 bits per heavy atom. The van der Waals surface area contributed by atoms with Crippen molar-refractivity contribution in [2.24, 2.45) is 11.8 Å². The second-order valence-electron chi connectivity index (χ2n) is 9.27.